The Morgan fingerprint density at radius 1 is 0.604 bits per heavy atom. The van der Waals surface area contributed by atoms with E-state index in [-0.39, 0.29) is 28.4 Å². The SMILES string of the molecule is Cc1cc2c(cc1N1c3cc(C(C)(C)C)ccc3B3c4c1cc(C(C)(C)C)cc4-n1c4c3cccc4c3oc4ccccc4c31)C(C)(C)CCC2(C)C. The maximum atomic E-state index is 6.74. The lowest BCUT2D eigenvalue weighted by molar-refractivity contribution is 0.332. The molecule has 0 unspecified atom stereocenters. The fourth-order valence-electron chi connectivity index (χ4n) is 10.0. The van der Waals surface area contributed by atoms with Crippen molar-refractivity contribution in [2.75, 3.05) is 4.90 Å². The zero-order chi connectivity index (χ0) is 37.1. The van der Waals surface area contributed by atoms with Crippen molar-refractivity contribution in [1.29, 1.82) is 0 Å². The first-order valence-corrected chi connectivity index (χ1v) is 19.7. The summed E-state index contributed by atoms with van der Waals surface area (Å²) in [7, 11) is 0. The molecule has 53 heavy (non-hydrogen) atoms. The number of rotatable bonds is 1. The van der Waals surface area contributed by atoms with E-state index in [1.807, 2.05) is 0 Å². The molecule has 5 aromatic carbocycles. The molecule has 0 radical (unpaired) electrons. The van der Waals surface area contributed by atoms with Gasteiger partial charge in [-0.2, -0.15) is 0 Å². The van der Waals surface area contributed by atoms with E-state index in [2.05, 4.69) is 171 Å². The molecule has 4 heterocycles. The van der Waals surface area contributed by atoms with Crippen molar-refractivity contribution in [2.24, 2.45) is 0 Å². The van der Waals surface area contributed by atoms with E-state index >= 15 is 0 Å². The molecule has 1 aliphatic carbocycles. The van der Waals surface area contributed by atoms with E-state index in [0.29, 0.717) is 0 Å². The van der Waals surface area contributed by atoms with Gasteiger partial charge in [0, 0.05) is 33.5 Å². The highest BCUT2D eigenvalue weighted by Crippen LogP contribution is 2.51. The second-order valence-corrected chi connectivity index (χ2v) is 19.8. The summed E-state index contributed by atoms with van der Waals surface area (Å²) in [5.41, 5.74) is 20.8. The van der Waals surface area contributed by atoms with Gasteiger partial charge >= 0.3 is 0 Å². The largest absolute Gasteiger partial charge is 0.454 e. The molecule has 0 N–H and O–H groups in total. The number of hydrogen-bond donors (Lipinski definition) is 0. The van der Waals surface area contributed by atoms with Gasteiger partial charge in [0.2, 0.25) is 0 Å². The van der Waals surface area contributed by atoms with Crippen molar-refractivity contribution in [3.63, 3.8) is 0 Å². The lowest BCUT2D eigenvalue weighted by Crippen LogP contribution is -2.60. The van der Waals surface area contributed by atoms with Crippen molar-refractivity contribution < 1.29 is 4.42 Å². The third-order valence-electron chi connectivity index (χ3n) is 13.3. The van der Waals surface area contributed by atoms with Gasteiger partial charge < -0.3 is 13.9 Å². The van der Waals surface area contributed by atoms with Crippen LogP contribution in [0.2, 0.25) is 0 Å². The van der Waals surface area contributed by atoms with Gasteiger partial charge in [-0.3, -0.25) is 0 Å². The minimum Gasteiger partial charge on any atom is -0.454 e. The summed E-state index contributed by atoms with van der Waals surface area (Å²) < 4.78 is 9.31. The summed E-state index contributed by atoms with van der Waals surface area (Å²) in [6, 6.07) is 33.0. The molecular formula is C49H51BN2O. The van der Waals surface area contributed by atoms with Crippen molar-refractivity contribution in [2.45, 2.75) is 111 Å². The second kappa shape index (κ2) is 10.3. The summed E-state index contributed by atoms with van der Waals surface area (Å²) in [6.07, 6.45) is 2.39. The molecule has 266 valence electrons. The second-order valence-electron chi connectivity index (χ2n) is 19.8. The van der Waals surface area contributed by atoms with Gasteiger partial charge in [-0.25, -0.2) is 0 Å². The van der Waals surface area contributed by atoms with Gasteiger partial charge in [-0.05, 0) is 128 Å². The lowest BCUT2D eigenvalue weighted by atomic mass is 9.33. The molecule has 0 atom stereocenters. The van der Waals surface area contributed by atoms with Crippen LogP contribution in [0, 0.1) is 6.92 Å². The summed E-state index contributed by atoms with van der Waals surface area (Å²) in [5.74, 6) is 0. The van der Waals surface area contributed by atoms with Crippen LogP contribution in [0.15, 0.2) is 89.3 Å². The van der Waals surface area contributed by atoms with Gasteiger partial charge in [0.1, 0.15) is 11.1 Å². The van der Waals surface area contributed by atoms with Crippen LogP contribution in [-0.4, -0.2) is 11.3 Å². The van der Waals surface area contributed by atoms with Crippen molar-refractivity contribution in [3.8, 4) is 5.69 Å². The van der Waals surface area contributed by atoms with E-state index in [1.165, 1.54) is 96.2 Å². The summed E-state index contributed by atoms with van der Waals surface area (Å²) in [4.78, 5) is 2.67. The average Bonchev–Trinajstić information content (AvgIpc) is 3.63. The Kier molecular flexibility index (Phi) is 6.39. The van der Waals surface area contributed by atoms with E-state index < -0.39 is 0 Å². The summed E-state index contributed by atoms with van der Waals surface area (Å²) in [5, 5.41) is 2.35. The molecule has 0 amide bonds. The van der Waals surface area contributed by atoms with Crippen LogP contribution in [0.3, 0.4) is 0 Å². The van der Waals surface area contributed by atoms with Gasteiger partial charge in [-0.1, -0.05) is 112 Å². The number of aryl methyl sites for hydroxylation is 1. The third-order valence-corrected chi connectivity index (χ3v) is 13.3. The van der Waals surface area contributed by atoms with Crippen LogP contribution in [0.1, 0.15) is 110 Å². The molecule has 2 aromatic heterocycles. The maximum Gasteiger partial charge on any atom is 0.252 e. The Morgan fingerprint density at radius 3 is 1.96 bits per heavy atom. The molecule has 10 rings (SSSR count). The number of anilines is 3. The minimum atomic E-state index is -0.0715. The number of aromatic nitrogens is 1. The highest BCUT2D eigenvalue weighted by Gasteiger charge is 2.45. The minimum absolute atomic E-state index is 0.00310. The van der Waals surface area contributed by atoms with E-state index in [1.54, 1.807) is 0 Å². The van der Waals surface area contributed by atoms with E-state index in [0.717, 1.165) is 16.6 Å². The number of nitrogens with zero attached hydrogens (tertiary/aromatic N) is 2. The van der Waals surface area contributed by atoms with E-state index in [9.17, 15) is 0 Å². The average molecular weight is 695 g/mol. The highest BCUT2D eigenvalue weighted by molar-refractivity contribution is 7.00. The molecule has 0 saturated carbocycles. The molecular weight excluding hydrogens is 643 g/mol. The monoisotopic (exact) mass is 694 g/mol. The lowest BCUT2D eigenvalue weighted by Gasteiger charge is -2.45. The predicted molar refractivity (Wildman–Crippen MR) is 227 cm³/mol. The Morgan fingerprint density at radius 2 is 1.25 bits per heavy atom. The van der Waals surface area contributed by atoms with Crippen LogP contribution in [0.4, 0.5) is 17.1 Å². The number of para-hydroxylation sites is 2. The standard InChI is InChI=1S/C49H51BN2O/c1-28-23-33-34(49(10,11)22-21-48(33,8)9)27-37(28)51-38-24-29(46(2,3)4)19-20-35(38)50-36-17-14-16-32-43(36)52(44-31-15-12-13-18-41(31)53-45(32)44)40-26-30(47(5,6)7)25-39(51)42(40)50/h12-20,23-27H,21-22H2,1-11H3. The van der Waals surface area contributed by atoms with Crippen LogP contribution in [0.5, 0.6) is 0 Å². The number of fused-ring (bicyclic) bond motifs is 10. The zero-order valence-corrected chi connectivity index (χ0v) is 33.4. The summed E-state index contributed by atoms with van der Waals surface area (Å²) in [6.45, 7) is 26.3. The summed E-state index contributed by atoms with van der Waals surface area (Å²) >= 11 is 0. The molecule has 4 heteroatoms. The fourth-order valence-corrected chi connectivity index (χ4v) is 10.0. The molecule has 0 spiro atoms. The molecule has 0 bridgehead atoms. The number of hydrogen-bond acceptors (Lipinski definition) is 2. The van der Waals surface area contributed by atoms with E-state index in [4.69, 9.17) is 4.42 Å². The first-order chi connectivity index (χ1) is 25.0. The van der Waals surface area contributed by atoms with Crippen LogP contribution in [-0.2, 0) is 21.7 Å². The fraction of sp³-hybridized carbons (Fsp3) is 0.347. The van der Waals surface area contributed by atoms with Crippen LogP contribution < -0.4 is 21.3 Å². The highest BCUT2D eigenvalue weighted by atomic mass is 16.3. The molecule has 0 fully saturated rings. The van der Waals surface area contributed by atoms with Crippen molar-refractivity contribution >= 4 is 73.1 Å². The Bertz CT molecular complexity index is 2720. The van der Waals surface area contributed by atoms with Gasteiger partial charge in [-0.15, -0.1) is 0 Å². The molecule has 3 aliphatic rings. The van der Waals surface area contributed by atoms with Gasteiger partial charge in [0.25, 0.3) is 6.71 Å². The smallest absolute Gasteiger partial charge is 0.252 e. The normalized spacial score (nSPS) is 17.0. The maximum absolute atomic E-state index is 6.74. The Balaban J connectivity index is 1.39. The topological polar surface area (TPSA) is 21.3 Å². The molecule has 7 aromatic rings. The van der Waals surface area contributed by atoms with Gasteiger partial charge in [0.15, 0.2) is 5.58 Å². The first kappa shape index (κ1) is 32.9. The van der Waals surface area contributed by atoms with Gasteiger partial charge in [0.05, 0.1) is 5.52 Å². The predicted octanol–water partition coefficient (Wildman–Crippen LogP) is 11.4. The Labute approximate surface area is 315 Å². The molecule has 3 nitrogen and oxygen atoms in total. The van der Waals surface area contributed by atoms with Crippen LogP contribution >= 0.6 is 0 Å². The Hall–Kier alpha value is -4.70. The zero-order valence-electron chi connectivity index (χ0n) is 33.4. The molecule has 2 aliphatic heterocycles. The third kappa shape index (κ3) is 4.41. The molecule has 0 saturated heterocycles. The van der Waals surface area contributed by atoms with Crippen molar-refractivity contribution in [3.05, 3.63) is 113 Å². The van der Waals surface area contributed by atoms with Crippen LogP contribution in [0.25, 0.3) is 38.7 Å². The quantitative estimate of drug-likeness (QED) is 0.160. The first-order valence-electron chi connectivity index (χ1n) is 19.7. The number of benzene rings is 5. The van der Waals surface area contributed by atoms with Crippen molar-refractivity contribution in [1.82, 2.24) is 4.57 Å². The number of furan rings is 1.